The van der Waals surface area contributed by atoms with Crippen LogP contribution in [0.2, 0.25) is 0 Å². The number of aliphatic carboxylic acids is 2. The highest BCUT2D eigenvalue weighted by atomic mass is 16.4. The maximum atomic E-state index is 12.5. The van der Waals surface area contributed by atoms with E-state index in [9.17, 15) is 34.2 Å². The molecule has 35 heavy (non-hydrogen) atoms. The molecule has 1 rings (SSSR count). The van der Waals surface area contributed by atoms with Gasteiger partial charge in [0.1, 0.15) is 17.8 Å². The van der Waals surface area contributed by atoms with E-state index < -0.39 is 60.8 Å². The number of carbonyl (C=O) groups is 5. The number of rotatable bonds is 16. The standard InChI is InChI=1S/C22H33N5O8/c23-10-2-1-3-17(22(34)35)26-18(29)12-25-21(33)16(8-9-19(30)31)27-20(32)15(24)11-13-4-6-14(28)7-5-13/h4-7,15-17,28H,1-3,8-12,23-24H2,(H,25,33)(H,26,29)(H,27,32)(H,30,31)(H,34,35). The molecule has 3 atom stereocenters. The van der Waals surface area contributed by atoms with E-state index >= 15 is 0 Å². The molecule has 3 unspecified atom stereocenters. The van der Waals surface area contributed by atoms with Gasteiger partial charge in [0.25, 0.3) is 0 Å². The van der Waals surface area contributed by atoms with Gasteiger partial charge in [0.2, 0.25) is 17.7 Å². The van der Waals surface area contributed by atoms with Crippen molar-refractivity contribution in [2.24, 2.45) is 11.5 Å². The van der Waals surface area contributed by atoms with Gasteiger partial charge in [-0.15, -0.1) is 0 Å². The third kappa shape index (κ3) is 11.8. The molecule has 0 aliphatic rings. The molecule has 1 aromatic rings. The van der Waals surface area contributed by atoms with Gasteiger partial charge in [-0.05, 0) is 56.3 Å². The van der Waals surface area contributed by atoms with Crippen molar-refractivity contribution in [1.29, 1.82) is 0 Å². The number of carboxylic acid groups (broad SMARTS) is 2. The molecule has 3 amide bonds. The predicted molar refractivity (Wildman–Crippen MR) is 124 cm³/mol. The van der Waals surface area contributed by atoms with Crippen molar-refractivity contribution in [2.45, 2.75) is 56.7 Å². The van der Waals surface area contributed by atoms with E-state index in [-0.39, 0.29) is 25.0 Å². The van der Waals surface area contributed by atoms with Crippen molar-refractivity contribution >= 4 is 29.7 Å². The molecule has 10 N–H and O–H groups in total. The maximum Gasteiger partial charge on any atom is 0.326 e. The van der Waals surface area contributed by atoms with Gasteiger partial charge in [-0.2, -0.15) is 0 Å². The van der Waals surface area contributed by atoms with E-state index in [1.54, 1.807) is 12.1 Å². The zero-order valence-electron chi connectivity index (χ0n) is 19.2. The number of hydrogen-bond donors (Lipinski definition) is 8. The quantitative estimate of drug-likeness (QED) is 0.123. The number of unbranched alkanes of at least 4 members (excludes halogenated alkanes) is 1. The van der Waals surface area contributed by atoms with E-state index in [0.29, 0.717) is 24.9 Å². The molecule has 13 heteroatoms. The summed E-state index contributed by atoms with van der Waals surface area (Å²) < 4.78 is 0. The number of amides is 3. The van der Waals surface area contributed by atoms with Crippen LogP contribution in [-0.4, -0.2) is 76.2 Å². The first-order valence-electron chi connectivity index (χ1n) is 11.1. The van der Waals surface area contributed by atoms with Gasteiger partial charge in [-0.25, -0.2) is 4.79 Å². The van der Waals surface area contributed by atoms with Crippen molar-refractivity contribution in [3.8, 4) is 5.75 Å². The second kappa shape index (κ2) is 15.2. The molecular formula is C22H33N5O8. The van der Waals surface area contributed by atoms with Crippen LogP contribution in [0.3, 0.4) is 0 Å². The lowest BCUT2D eigenvalue weighted by atomic mass is 10.0. The second-order valence-electron chi connectivity index (χ2n) is 7.93. The van der Waals surface area contributed by atoms with Crippen LogP contribution in [0.4, 0.5) is 0 Å². The van der Waals surface area contributed by atoms with Crippen LogP contribution in [0.15, 0.2) is 24.3 Å². The fraction of sp³-hybridized carbons (Fsp3) is 0.500. The van der Waals surface area contributed by atoms with Crippen LogP contribution in [0.25, 0.3) is 0 Å². The van der Waals surface area contributed by atoms with Crippen molar-refractivity contribution in [3.05, 3.63) is 29.8 Å². The van der Waals surface area contributed by atoms with Gasteiger partial charge >= 0.3 is 11.9 Å². The van der Waals surface area contributed by atoms with Crippen LogP contribution in [0.5, 0.6) is 5.75 Å². The van der Waals surface area contributed by atoms with Gasteiger partial charge in [-0.1, -0.05) is 12.1 Å². The number of carbonyl (C=O) groups excluding carboxylic acids is 3. The number of carboxylic acids is 2. The first-order chi connectivity index (χ1) is 16.5. The summed E-state index contributed by atoms with van der Waals surface area (Å²) in [4.78, 5) is 59.4. The molecule has 194 valence electrons. The average molecular weight is 496 g/mol. The zero-order valence-corrected chi connectivity index (χ0v) is 19.2. The predicted octanol–water partition coefficient (Wildman–Crippen LogP) is -1.57. The Morgan fingerprint density at radius 2 is 1.54 bits per heavy atom. The first kappa shape index (κ1) is 29.3. The van der Waals surface area contributed by atoms with E-state index in [1.807, 2.05) is 0 Å². The molecule has 0 heterocycles. The Bertz CT molecular complexity index is 877. The number of aromatic hydroxyl groups is 1. The fourth-order valence-corrected chi connectivity index (χ4v) is 3.08. The van der Waals surface area contributed by atoms with Gasteiger partial charge in [0.15, 0.2) is 0 Å². The molecule has 0 fully saturated rings. The third-order valence-electron chi connectivity index (χ3n) is 5.01. The monoisotopic (exact) mass is 495 g/mol. The Morgan fingerprint density at radius 1 is 0.886 bits per heavy atom. The lowest BCUT2D eigenvalue weighted by Gasteiger charge is -2.21. The zero-order chi connectivity index (χ0) is 26.4. The van der Waals surface area contributed by atoms with E-state index in [1.165, 1.54) is 12.1 Å². The Labute approximate surface area is 202 Å². The summed E-state index contributed by atoms with van der Waals surface area (Å²) in [5, 5.41) is 34.5. The maximum absolute atomic E-state index is 12.5. The van der Waals surface area contributed by atoms with Crippen molar-refractivity contribution in [2.75, 3.05) is 13.1 Å². The van der Waals surface area contributed by atoms with Crippen LogP contribution in [0, 0.1) is 0 Å². The Hall–Kier alpha value is -3.71. The summed E-state index contributed by atoms with van der Waals surface area (Å²) in [6.45, 7) is -0.184. The summed E-state index contributed by atoms with van der Waals surface area (Å²) in [6, 6.07) is 2.53. The Balaban J connectivity index is 2.68. The third-order valence-corrected chi connectivity index (χ3v) is 5.01. The molecule has 0 radical (unpaired) electrons. The minimum atomic E-state index is -1.28. The van der Waals surface area contributed by atoms with Gasteiger partial charge in [0.05, 0.1) is 12.6 Å². The molecule has 0 saturated heterocycles. The highest BCUT2D eigenvalue weighted by Crippen LogP contribution is 2.11. The van der Waals surface area contributed by atoms with Crippen LogP contribution in [0.1, 0.15) is 37.7 Å². The van der Waals surface area contributed by atoms with Crippen LogP contribution >= 0.6 is 0 Å². The molecule has 0 bridgehead atoms. The molecule has 13 nitrogen and oxygen atoms in total. The minimum Gasteiger partial charge on any atom is -0.508 e. The molecule has 0 aromatic heterocycles. The molecule has 0 aliphatic heterocycles. The summed E-state index contributed by atoms with van der Waals surface area (Å²) in [5.74, 6) is -4.65. The van der Waals surface area contributed by atoms with E-state index in [2.05, 4.69) is 16.0 Å². The van der Waals surface area contributed by atoms with Gasteiger partial charge in [0, 0.05) is 6.42 Å². The smallest absolute Gasteiger partial charge is 0.326 e. The summed E-state index contributed by atoms with van der Waals surface area (Å²) in [6.07, 6.45) is 0.673. The molecule has 1 aromatic carbocycles. The van der Waals surface area contributed by atoms with Gasteiger partial charge < -0.3 is 42.7 Å². The second-order valence-corrected chi connectivity index (χ2v) is 7.93. The molecule has 0 saturated carbocycles. The van der Waals surface area contributed by atoms with Crippen molar-refractivity contribution in [3.63, 3.8) is 0 Å². The minimum absolute atomic E-state index is 0.0476. The number of benzene rings is 1. The molecular weight excluding hydrogens is 462 g/mol. The van der Waals surface area contributed by atoms with Crippen LogP contribution < -0.4 is 27.4 Å². The number of nitrogens with one attached hydrogen (secondary N) is 3. The largest absolute Gasteiger partial charge is 0.508 e. The SMILES string of the molecule is NCCCCC(NC(=O)CNC(=O)C(CCC(=O)O)NC(=O)C(N)Cc1ccc(O)cc1)C(=O)O. The van der Waals surface area contributed by atoms with E-state index in [0.717, 1.165) is 0 Å². The summed E-state index contributed by atoms with van der Waals surface area (Å²) in [5.41, 5.74) is 11.9. The lowest BCUT2D eigenvalue weighted by Crippen LogP contribution is -2.54. The normalized spacial score (nSPS) is 13.2. The Kier molecular flexibility index (Phi) is 12.8. The number of phenolic OH excluding ortho intramolecular Hbond substituents is 1. The Morgan fingerprint density at radius 3 is 2.11 bits per heavy atom. The number of nitrogens with two attached hydrogens (primary N) is 2. The number of phenols is 1. The fourth-order valence-electron chi connectivity index (χ4n) is 3.08. The van der Waals surface area contributed by atoms with Gasteiger partial charge in [-0.3, -0.25) is 19.2 Å². The lowest BCUT2D eigenvalue weighted by molar-refractivity contribution is -0.142. The highest BCUT2D eigenvalue weighted by molar-refractivity contribution is 5.92. The van der Waals surface area contributed by atoms with E-state index in [4.69, 9.17) is 16.6 Å². The number of hydrogen-bond acceptors (Lipinski definition) is 8. The topological polar surface area (TPSA) is 234 Å². The van der Waals surface area contributed by atoms with Crippen molar-refractivity contribution < 1.29 is 39.3 Å². The van der Waals surface area contributed by atoms with Crippen molar-refractivity contribution in [1.82, 2.24) is 16.0 Å². The average Bonchev–Trinajstić information content (AvgIpc) is 2.80. The summed E-state index contributed by atoms with van der Waals surface area (Å²) in [7, 11) is 0. The first-order valence-corrected chi connectivity index (χ1v) is 11.1. The molecule has 0 aliphatic carbocycles. The summed E-state index contributed by atoms with van der Waals surface area (Å²) >= 11 is 0. The van der Waals surface area contributed by atoms with Crippen LogP contribution in [-0.2, 0) is 30.4 Å². The molecule has 0 spiro atoms. The highest BCUT2D eigenvalue weighted by Gasteiger charge is 2.26.